The fourth-order valence-corrected chi connectivity index (χ4v) is 7.53. The molecule has 304 valence electrons. The molecular weight excluding hydrogens is 697 g/mol. The highest BCUT2D eigenvalue weighted by Crippen LogP contribution is 2.33. The summed E-state index contributed by atoms with van der Waals surface area (Å²) in [5.74, 6) is -0.445. The topological polar surface area (TPSA) is 208 Å². The lowest BCUT2D eigenvalue weighted by Gasteiger charge is -2.33. The summed E-state index contributed by atoms with van der Waals surface area (Å²) in [7, 11) is 1.65. The summed E-state index contributed by atoms with van der Waals surface area (Å²) in [6, 6.07) is -0.670. The number of carbonyl (C=O) groups excluding carboxylic acids is 5. The maximum Gasteiger partial charge on any atom is 0.242 e. The molecule has 2 fully saturated rings. The summed E-state index contributed by atoms with van der Waals surface area (Å²) in [5.41, 5.74) is 5.01. The second-order valence-electron chi connectivity index (χ2n) is 16.2. The van der Waals surface area contributed by atoms with Gasteiger partial charge in [0.1, 0.15) is 0 Å². The van der Waals surface area contributed by atoms with E-state index in [0.29, 0.717) is 64.2 Å². The van der Waals surface area contributed by atoms with Crippen LogP contribution in [0.4, 0.5) is 0 Å². The van der Waals surface area contributed by atoms with Gasteiger partial charge in [0, 0.05) is 70.4 Å². The third-order valence-corrected chi connectivity index (χ3v) is 11.6. The van der Waals surface area contributed by atoms with Crippen LogP contribution in [0.25, 0.3) is 0 Å². The van der Waals surface area contributed by atoms with Crippen molar-refractivity contribution in [3.63, 3.8) is 0 Å². The van der Waals surface area contributed by atoms with Gasteiger partial charge in [-0.1, -0.05) is 59.3 Å². The first kappa shape index (κ1) is 46.2. The zero-order valence-electron chi connectivity index (χ0n) is 33.4. The number of likely N-dealkylation sites (tertiary alicyclic amines) is 1. The van der Waals surface area contributed by atoms with Crippen LogP contribution in [0.1, 0.15) is 125 Å². The van der Waals surface area contributed by atoms with Crippen LogP contribution in [0.5, 0.6) is 0 Å². The van der Waals surface area contributed by atoms with E-state index in [0.717, 1.165) is 17.7 Å². The van der Waals surface area contributed by atoms with Gasteiger partial charge in [0.25, 0.3) is 0 Å². The molecule has 1 aliphatic heterocycles. The molecular formula is C38H70N8O6S. The number of nitrogens with two attached hydrogens (primary N) is 1. The number of carbonyl (C=O) groups is 5. The SMILES string of the molecule is CNC(=N)NCCCC(N)C(=O)NCCSC1CC(=O)N(CCC(=O)NCCC(C)(C)OCCC(C)(C)C(=O)NCC2(C)CCCCCCCC2)C1=O. The molecule has 15 heteroatoms. The van der Waals surface area contributed by atoms with E-state index in [1.165, 1.54) is 50.3 Å². The minimum absolute atomic E-state index is 0.0120. The lowest BCUT2D eigenvalue weighted by Crippen LogP contribution is -2.43. The Morgan fingerprint density at radius 3 is 2.28 bits per heavy atom. The molecule has 0 radical (unpaired) electrons. The maximum absolute atomic E-state index is 13.2. The van der Waals surface area contributed by atoms with Crippen molar-refractivity contribution in [2.45, 2.75) is 141 Å². The van der Waals surface area contributed by atoms with Crippen molar-refractivity contribution >= 4 is 47.3 Å². The number of rotatable bonds is 22. The summed E-state index contributed by atoms with van der Waals surface area (Å²) in [5, 5.41) is 21.4. The van der Waals surface area contributed by atoms with Crippen molar-refractivity contribution < 1.29 is 28.7 Å². The number of hydrogen-bond donors (Lipinski definition) is 7. The van der Waals surface area contributed by atoms with E-state index in [1.54, 1.807) is 7.05 Å². The van der Waals surface area contributed by atoms with Crippen LogP contribution in [-0.4, -0.2) is 109 Å². The third-order valence-electron chi connectivity index (χ3n) is 10.4. The first-order valence-corrected chi connectivity index (χ1v) is 20.7. The summed E-state index contributed by atoms with van der Waals surface area (Å²) < 4.78 is 6.16. The summed E-state index contributed by atoms with van der Waals surface area (Å²) in [6.45, 7) is 12.5. The Hall–Kier alpha value is -2.91. The monoisotopic (exact) mass is 767 g/mol. The van der Waals surface area contributed by atoms with Crippen LogP contribution < -0.4 is 32.3 Å². The van der Waals surface area contributed by atoms with Crippen LogP contribution in [-0.2, 0) is 28.7 Å². The molecule has 0 aromatic carbocycles. The molecule has 2 aliphatic rings. The highest BCUT2D eigenvalue weighted by atomic mass is 32.2. The average molecular weight is 767 g/mol. The van der Waals surface area contributed by atoms with E-state index in [-0.39, 0.29) is 60.3 Å². The molecule has 14 nitrogen and oxygen atoms in total. The molecule has 0 spiro atoms. The highest BCUT2D eigenvalue weighted by Gasteiger charge is 2.38. The van der Waals surface area contributed by atoms with Crippen molar-refractivity contribution in [3.05, 3.63) is 0 Å². The summed E-state index contributed by atoms with van der Waals surface area (Å²) in [6.07, 6.45) is 12.3. The number of thioether (sulfide) groups is 1. The maximum atomic E-state index is 13.2. The molecule has 5 amide bonds. The predicted molar refractivity (Wildman–Crippen MR) is 211 cm³/mol. The summed E-state index contributed by atoms with van der Waals surface area (Å²) in [4.78, 5) is 64.6. The van der Waals surface area contributed by atoms with Crippen molar-refractivity contribution in [3.8, 4) is 0 Å². The largest absolute Gasteiger partial charge is 0.375 e. The second kappa shape index (κ2) is 23.1. The molecule has 8 N–H and O–H groups in total. The van der Waals surface area contributed by atoms with Gasteiger partial charge in [0.2, 0.25) is 29.5 Å². The van der Waals surface area contributed by atoms with Gasteiger partial charge >= 0.3 is 0 Å². The van der Waals surface area contributed by atoms with E-state index >= 15 is 0 Å². The van der Waals surface area contributed by atoms with Gasteiger partial charge in [-0.25, -0.2) is 0 Å². The van der Waals surface area contributed by atoms with Crippen LogP contribution in [0.3, 0.4) is 0 Å². The number of ether oxygens (including phenoxy) is 1. The third kappa shape index (κ3) is 17.9. The number of hydrogen-bond acceptors (Lipinski definition) is 9. The molecule has 0 aromatic heterocycles. The van der Waals surface area contributed by atoms with Gasteiger partial charge < -0.3 is 37.1 Å². The van der Waals surface area contributed by atoms with Crippen LogP contribution >= 0.6 is 11.8 Å². The predicted octanol–water partition coefficient (Wildman–Crippen LogP) is 3.18. The Morgan fingerprint density at radius 2 is 1.62 bits per heavy atom. The molecule has 0 bridgehead atoms. The van der Waals surface area contributed by atoms with Crippen molar-refractivity contribution in [1.82, 2.24) is 31.5 Å². The molecule has 2 atom stereocenters. The van der Waals surface area contributed by atoms with Gasteiger partial charge in [-0.05, 0) is 57.8 Å². The van der Waals surface area contributed by atoms with Crippen molar-refractivity contribution in [2.75, 3.05) is 52.1 Å². The Bertz CT molecular complexity index is 1210. The van der Waals surface area contributed by atoms with Crippen molar-refractivity contribution in [1.29, 1.82) is 5.41 Å². The molecule has 2 unspecified atom stereocenters. The lowest BCUT2D eigenvalue weighted by atomic mass is 9.80. The first-order valence-electron chi connectivity index (χ1n) is 19.7. The van der Waals surface area contributed by atoms with E-state index in [4.69, 9.17) is 15.9 Å². The van der Waals surface area contributed by atoms with Crippen LogP contribution in [0.2, 0.25) is 0 Å². The molecule has 1 saturated carbocycles. The van der Waals surface area contributed by atoms with Gasteiger partial charge in [-0.2, -0.15) is 0 Å². The van der Waals surface area contributed by atoms with E-state index < -0.39 is 22.3 Å². The Balaban J connectivity index is 1.62. The summed E-state index contributed by atoms with van der Waals surface area (Å²) >= 11 is 1.31. The zero-order chi connectivity index (χ0) is 39.5. The number of guanidine groups is 1. The number of amides is 5. The zero-order valence-corrected chi connectivity index (χ0v) is 34.2. The average Bonchev–Trinajstić information content (AvgIpc) is 3.43. The molecule has 2 rings (SSSR count). The molecule has 1 aliphatic carbocycles. The molecule has 0 aromatic rings. The lowest BCUT2D eigenvalue weighted by molar-refractivity contribution is -0.138. The van der Waals surface area contributed by atoms with E-state index in [1.807, 2.05) is 27.7 Å². The number of nitrogens with zero attached hydrogens (tertiary/aromatic N) is 1. The normalized spacial score (nSPS) is 18.7. The van der Waals surface area contributed by atoms with Crippen LogP contribution in [0.15, 0.2) is 0 Å². The van der Waals surface area contributed by atoms with Crippen molar-refractivity contribution in [2.24, 2.45) is 16.6 Å². The van der Waals surface area contributed by atoms with E-state index in [9.17, 15) is 24.0 Å². The van der Waals surface area contributed by atoms with Gasteiger partial charge in [0.15, 0.2) is 5.96 Å². The smallest absolute Gasteiger partial charge is 0.242 e. The number of imide groups is 1. The second-order valence-corrected chi connectivity index (χ2v) is 17.6. The van der Waals surface area contributed by atoms with Gasteiger partial charge in [-0.3, -0.25) is 34.3 Å². The minimum atomic E-state index is -0.670. The standard InChI is InChI=1S/C38H70N8O6S/c1-36(2,34(51)45-27-38(5)16-11-9-7-8-10-12-17-38)19-24-52-37(3,4)18-21-42-30(47)15-23-46-31(48)26-29(33(46)50)53-25-22-43-32(49)28(39)14-13-20-44-35(40)41-6/h28-29H,7-27,39H2,1-6H3,(H,42,47)(H,43,49)(H,45,51)(H3,40,41,44). The van der Waals surface area contributed by atoms with Crippen LogP contribution in [0, 0.1) is 16.2 Å². The molecule has 1 saturated heterocycles. The fraction of sp³-hybridized carbons (Fsp3) is 0.842. The first-order chi connectivity index (χ1) is 25.0. The number of nitrogens with one attached hydrogen (secondary N) is 6. The molecule has 1 heterocycles. The molecule has 53 heavy (non-hydrogen) atoms. The Morgan fingerprint density at radius 1 is 0.962 bits per heavy atom. The quantitative estimate of drug-likeness (QED) is 0.0371. The Labute approximate surface area is 322 Å². The van der Waals surface area contributed by atoms with E-state index in [2.05, 4.69) is 33.5 Å². The Kier molecular flexibility index (Phi) is 20.2. The van der Waals surface area contributed by atoms with Gasteiger partial charge in [0.05, 0.1) is 16.9 Å². The fourth-order valence-electron chi connectivity index (χ4n) is 6.50. The highest BCUT2D eigenvalue weighted by molar-refractivity contribution is 8.00. The minimum Gasteiger partial charge on any atom is -0.375 e. The van der Waals surface area contributed by atoms with Gasteiger partial charge in [-0.15, -0.1) is 11.8 Å².